The van der Waals surface area contributed by atoms with Crippen molar-refractivity contribution in [3.8, 4) is 11.1 Å². The number of aromatic nitrogens is 3. The predicted molar refractivity (Wildman–Crippen MR) is 90.3 cm³/mol. The molecule has 6 heteroatoms. The molecule has 4 rings (SSSR count). The number of aryl methyl sites for hydroxylation is 1. The summed E-state index contributed by atoms with van der Waals surface area (Å²) in [6.07, 6.45) is 4.22. The Labute approximate surface area is 133 Å². The number of anilines is 1. The van der Waals surface area contributed by atoms with E-state index in [2.05, 4.69) is 28.8 Å². The highest BCUT2D eigenvalue weighted by Crippen LogP contribution is 2.31. The Morgan fingerprint density at radius 1 is 1.41 bits per heavy atom. The van der Waals surface area contributed by atoms with Crippen molar-refractivity contribution in [2.75, 3.05) is 18.8 Å². The molecule has 1 aliphatic heterocycles. The van der Waals surface area contributed by atoms with Gasteiger partial charge in [0.1, 0.15) is 5.82 Å². The molecular formula is C16H19N5S. The van der Waals surface area contributed by atoms with Gasteiger partial charge in [-0.05, 0) is 43.3 Å². The molecule has 0 saturated carbocycles. The summed E-state index contributed by atoms with van der Waals surface area (Å²) in [4.78, 5) is 6.18. The lowest BCUT2D eigenvalue weighted by atomic mass is 9.96. The molecular weight excluding hydrogens is 294 g/mol. The van der Waals surface area contributed by atoms with Gasteiger partial charge in [0.15, 0.2) is 5.65 Å². The van der Waals surface area contributed by atoms with Crippen LogP contribution in [0.5, 0.6) is 0 Å². The van der Waals surface area contributed by atoms with Gasteiger partial charge in [-0.25, -0.2) is 4.98 Å². The molecule has 114 valence electrons. The van der Waals surface area contributed by atoms with Crippen LogP contribution in [-0.4, -0.2) is 27.7 Å². The summed E-state index contributed by atoms with van der Waals surface area (Å²) in [6.45, 7) is 4.19. The summed E-state index contributed by atoms with van der Waals surface area (Å²) in [5.41, 5.74) is 10.4. The van der Waals surface area contributed by atoms with Gasteiger partial charge >= 0.3 is 0 Å². The summed E-state index contributed by atoms with van der Waals surface area (Å²) in [5.74, 6) is 1.09. The summed E-state index contributed by atoms with van der Waals surface area (Å²) in [7, 11) is 0. The fourth-order valence-electron chi connectivity index (χ4n) is 3.11. The van der Waals surface area contributed by atoms with Gasteiger partial charge in [0.05, 0.1) is 11.9 Å². The van der Waals surface area contributed by atoms with E-state index in [9.17, 15) is 0 Å². The molecule has 0 amide bonds. The number of nitrogens with zero attached hydrogens (tertiary/aromatic N) is 3. The van der Waals surface area contributed by atoms with E-state index >= 15 is 0 Å². The van der Waals surface area contributed by atoms with Gasteiger partial charge in [-0.15, -0.1) is 11.3 Å². The Morgan fingerprint density at radius 2 is 2.32 bits per heavy atom. The first-order valence-electron chi connectivity index (χ1n) is 7.63. The third kappa shape index (κ3) is 2.28. The summed E-state index contributed by atoms with van der Waals surface area (Å²) < 4.78 is 1.74. The molecule has 1 aliphatic rings. The summed E-state index contributed by atoms with van der Waals surface area (Å²) in [6, 6.07) is 4.15. The van der Waals surface area contributed by atoms with Crippen LogP contribution in [0.2, 0.25) is 0 Å². The highest BCUT2D eigenvalue weighted by atomic mass is 32.1. The van der Waals surface area contributed by atoms with E-state index in [-0.39, 0.29) is 0 Å². The van der Waals surface area contributed by atoms with Crippen molar-refractivity contribution in [1.29, 1.82) is 0 Å². The zero-order valence-corrected chi connectivity index (χ0v) is 13.4. The van der Waals surface area contributed by atoms with E-state index in [1.54, 1.807) is 15.9 Å². The third-order valence-electron chi connectivity index (χ3n) is 4.28. The van der Waals surface area contributed by atoms with Gasteiger partial charge in [0.25, 0.3) is 0 Å². The molecule has 3 aromatic heterocycles. The van der Waals surface area contributed by atoms with Crippen molar-refractivity contribution in [3.63, 3.8) is 0 Å². The molecule has 1 unspecified atom stereocenters. The number of nitrogens with one attached hydrogen (secondary N) is 1. The Hall–Kier alpha value is -1.92. The van der Waals surface area contributed by atoms with Gasteiger partial charge in [0.2, 0.25) is 0 Å². The fraction of sp³-hybridized carbons (Fsp3) is 0.375. The number of fused-ring (bicyclic) bond motifs is 1. The minimum atomic E-state index is 0.438. The van der Waals surface area contributed by atoms with Crippen molar-refractivity contribution >= 4 is 22.8 Å². The van der Waals surface area contributed by atoms with Gasteiger partial charge in [-0.3, -0.25) is 0 Å². The maximum absolute atomic E-state index is 6.20. The molecule has 3 N–H and O–H groups in total. The van der Waals surface area contributed by atoms with E-state index in [4.69, 9.17) is 10.7 Å². The van der Waals surface area contributed by atoms with E-state index in [1.165, 1.54) is 16.9 Å². The minimum absolute atomic E-state index is 0.438. The molecule has 22 heavy (non-hydrogen) atoms. The zero-order chi connectivity index (χ0) is 15.1. The highest BCUT2D eigenvalue weighted by Gasteiger charge is 2.20. The zero-order valence-electron chi connectivity index (χ0n) is 12.5. The number of thiophene rings is 1. The predicted octanol–water partition coefficient (Wildman–Crippen LogP) is 2.82. The SMILES string of the molecule is Cc1cc(-c2cnn3c(N)cc(C4CCCNC4)nc23)cs1. The molecule has 0 bridgehead atoms. The van der Waals surface area contributed by atoms with E-state index < -0.39 is 0 Å². The molecule has 0 radical (unpaired) electrons. The topological polar surface area (TPSA) is 68.2 Å². The molecule has 0 spiro atoms. The molecule has 3 aromatic rings. The lowest BCUT2D eigenvalue weighted by Crippen LogP contribution is -2.29. The normalized spacial score (nSPS) is 18.9. The molecule has 1 saturated heterocycles. The second kappa shape index (κ2) is 5.37. The summed E-state index contributed by atoms with van der Waals surface area (Å²) >= 11 is 1.74. The van der Waals surface area contributed by atoms with Crippen molar-refractivity contribution in [2.45, 2.75) is 25.7 Å². The maximum atomic E-state index is 6.20. The summed E-state index contributed by atoms with van der Waals surface area (Å²) in [5, 5.41) is 10.0. The smallest absolute Gasteiger partial charge is 0.165 e. The van der Waals surface area contributed by atoms with Crippen LogP contribution in [0, 0.1) is 6.92 Å². The number of nitrogens with two attached hydrogens (primary N) is 1. The highest BCUT2D eigenvalue weighted by molar-refractivity contribution is 7.10. The number of hydrogen-bond acceptors (Lipinski definition) is 5. The molecule has 0 aromatic carbocycles. The Balaban J connectivity index is 1.84. The van der Waals surface area contributed by atoms with Crippen molar-refractivity contribution in [3.05, 3.63) is 34.3 Å². The van der Waals surface area contributed by atoms with Crippen LogP contribution in [0.25, 0.3) is 16.8 Å². The quantitative estimate of drug-likeness (QED) is 0.763. The monoisotopic (exact) mass is 313 g/mol. The van der Waals surface area contributed by atoms with Gasteiger partial charge < -0.3 is 11.1 Å². The Bertz CT molecular complexity index is 813. The minimum Gasteiger partial charge on any atom is -0.384 e. The average Bonchev–Trinajstić information content (AvgIpc) is 3.14. The van der Waals surface area contributed by atoms with Crippen LogP contribution < -0.4 is 11.1 Å². The molecule has 4 heterocycles. The van der Waals surface area contributed by atoms with Crippen LogP contribution in [0.15, 0.2) is 23.7 Å². The number of nitrogen functional groups attached to an aromatic ring is 1. The largest absolute Gasteiger partial charge is 0.384 e. The second-order valence-electron chi connectivity index (χ2n) is 5.89. The number of hydrogen-bond donors (Lipinski definition) is 2. The van der Waals surface area contributed by atoms with Crippen LogP contribution in [-0.2, 0) is 0 Å². The van der Waals surface area contributed by atoms with Crippen molar-refractivity contribution in [1.82, 2.24) is 19.9 Å². The standard InChI is InChI=1S/C16H19N5S/c1-10-5-12(9-22-10)13-8-19-21-15(17)6-14(20-16(13)21)11-3-2-4-18-7-11/h5-6,8-9,11,18H,2-4,7,17H2,1H3. The fourth-order valence-corrected chi connectivity index (χ4v) is 3.81. The lowest BCUT2D eigenvalue weighted by Gasteiger charge is -2.22. The first-order valence-corrected chi connectivity index (χ1v) is 8.51. The number of piperidine rings is 1. The van der Waals surface area contributed by atoms with Crippen molar-refractivity contribution in [2.24, 2.45) is 0 Å². The van der Waals surface area contributed by atoms with E-state index in [1.807, 2.05) is 12.3 Å². The van der Waals surface area contributed by atoms with Crippen LogP contribution in [0.1, 0.15) is 29.3 Å². The van der Waals surface area contributed by atoms with Gasteiger partial charge in [-0.1, -0.05) is 0 Å². The van der Waals surface area contributed by atoms with Crippen LogP contribution >= 0.6 is 11.3 Å². The first kappa shape index (κ1) is 13.7. The third-order valence-corrected chi connectivity index (χ3v) is 5.14. The Morgan fingerprint density at radius 3 is 3.05 bits per heavy atom. The molecule has 0 aliphatic carbocycles. The maximum Gasteiger partial charge on any atom is 0.165 e. The second-order valence-corrected chi connectivity index (χ2v) is 7.00. The molecule has 5 nitrogen and oxygen atoms in total. The molecule has 1 fully saturated rings. The van der Waals surface area contributed by atoms with Crippen LogP contribution in [0.3, 0.4) is 0 Å². The van der Waals surface area contributed by atoms with E-state index in [0.29, 0.717) is 11.7 Å². The van der Waals surface area contributed by atoms with Crippen LogP contribution in [0.4, 0.5) is 5.82 Å². The first-order chi connectivity index (χ1) is 10.7. The molecule has 1 atom stereocenters. The van der Waals surface area contributed by atoms with Gasteiger partial charge in [0, 0.05) is 29.0 Å². The van der Waals surface area contributed by atoms with E-state index in [0.717, 1.165) is 36.4 Å². The number of rotatable bonds is 2. The average molecular weight is 313 g/mol. The van der Waals surface area contributed by atoms with Crippen molar-refractivity contribution < 1.29 is 0 Å². The Kier molecular flexibility index (Phi) is 3.35. The lowest BCUT2D eigenvalue weighted by molar-refractivity contribution is 0.455. The van der Waals surface area contributed by atoms with Gasteiger partial charge in [-0.2, -0.15) is 9.61 Å².